The van der Waals surface area contributed by atoms with Gasteiger partial charge in [-0.1, -0.05) is 32.0 Å². The maximum Gasteiger partial charge on any atom is 0.171 e. The number of anilines is 1. The summed E-state index contributed by atoms with van der Waals surface area (Å²) in [6.07, 6.45) is 2.81. The summed E-state index contributed by atoms with van der Waals surface area (Å²) >= 11 is 1.14. The van der Waals surface area contributed by atoms with E-state index in [-0.39, 0.29) is 6.61 Å². The third-order valence-electron chi connectivity index (χ3n) is 5.26. The Labute approximate surface area is 200 Å². The Morgan fingerprint density at radius 2 is 1.82 bits per heavy atom. The number of benzene rings is 2. The lowest BCUT2D eigenvalue weighted by atomic mass is 10.1. The molecule has 2 aromatic carbocycles. The molecule has 3 atom stereocenters. The first-order valence-electron chi connectivity index (χ1n) is 11.3. The fourth-order valence-corrected chi connectivity index (χ4v) is 4.46. The maximum absolute atomic E-state index is 9.89. The monoisotopic (exact) mass is 473 g/mol. The minimum atomic E-state index is -0.995. The van der Waals surface area contributed by atoms with Crippen LogP contribution in [0.4, 0.5) is 5.69 Å². The number of aliphatic hydroxyl groups is 3. The smallest absolute Gasteiger partial charge is 0.171 e. The summed E-state index contributed by atoms with van der Waals surface area (Å²) in [4.78, 5) is 2.89. The van der Waals surface area contributed by atoms with Crippen molar-refractivity contribution in [3.63, 3.8) is 0 Å². The van der Waals surface area contributed by atoms with E-state index in [9.17, 15) is 15.5 Å². The zero-order chi connectivity index (χ0) is 24.2. The summed E-state index contributed by atoms with van der Waals surface area (Å²) in [6.45, 7) is 6.62. The Bertz CT molecular complexity index is 941. The van der Waals surface area contributed by atoms with E-state index >= 15 is 0 Å². The van der Waals surface area contributed by atoms with Crippen LogP contribution < -0.4 is 9.62 Å². The topological polar surface area (TPSA) is 109 Å². The number of aliphatic hydroxyl groups excluding tert-OH is 3. The highest BCUT2D eigenvalue weighted by molar-refractivity contribution is 8.01. The van der Waals surface area contributed by atoms with E-state index in [1.54, 1.807) is 0 Å². The van der Waals surface area contributed by atoms with Crippen LogP contribution >= 0.6 is 11.9 Å². The van der Waals surface area contributed by atoms with Crippen LogP contribution in [0, 0.1) is 11.3 Å². The fraction of sp³-hybridized carbons (Fsp3) is 0.480. The van der Waals surface area contributed by atoms with Crippen LogP contribution in [0.5, 0.6) is 0 Å². The summed E-state index contributed by atoms with van der Waals surface area (Å²) in [7, 11) is 1.00. The molecule has 180 valence electrons. The summed E-state index contributed by atoms with van der Waals surface area (Å²) in [6, 6.07) is 14.4. The van der Waals surface area contributed by atoms with Gasteiger partial charge in [0.2, 0.25) is 0 Å². The molecule has 0 saturated carbocycles. The van der Waals surface area contributed by atoms with Gasteiger partial charge in [0.05, 0.1) is 18.8 Å². The number of ether oxygens (including phenoxy) is 1. The molecular formula is C25H35N3O4S. The van der Waals surface area contributed by atoms with E-state index in [1.165, 1.54) is 11.1 Å². The van der Waals surface area contributed by atoms with Gasteiger partial charge < -0.3 is 25.0 Å². The number of nitriles is 1. The van der Waals surface area contributed by atoms with E-state index in [0.717, 1.165) is 55.9 Å². The van der Waals surface area contributed by atoms with Crippen molar-refractivity contribution < 1.29 is 20.1 Å². The van der Waals surface area contributed by atoms with Crippen molar-refractivity contribution in [2.24, 2.45) is 0 Å². The molecule has 4 N–H and O–H groups in total. The first-order valence-corrected chi connectivity index (χ1v) is 12.1. The Hall–Kier alpha value is -2.12. The minimum absolute atomic E-state index is 0.123. The molecule has 1 heterocycles. The lowest BCUT2D eigenvalue weighted by Crippen LogP contribution is -2.46. The van der Waals surface area contributed by atoms with Gasteiger partial charge in [0.1, 0.15) is 11.0 Å². The molecule has 0 spiro atoms. The van der Waals surface area contributed by atoms with Crippen molar-refractivity contribution >= 4 is 34.5 Å². The van der Waals surface area contributed by atoms with Gasteiger partial charge in [-0.25, -0.2) is 0 Å². The summed E-state index contributed by atoms with van der Waals surface area (Å²) < 4.78 is 8.16. The van der Waals surface area contributed by atoms with Crippen molar-refractivity contribution in [2.75, 3.05) is 31.7 Å². The number of nitrogens with one attached hydrogen (secondary N) is 1. The zero-order valence-corrected chi connectivity index (χ0v) is 20.4. The third kappa shape index (κ3) is 8.00. The van der Waals surface area contributed by atoms with Gasteiger partial charge in [0.25, 0.3) is 0 Å². The molecule has 0 radical (unpaired) electrons. The largest absolute Gasteiger partial charge is 0.400 e. The molecule has 33 heavy (non-hydrogen) atoms. The summed E-state index contributed by atoms with van der Waals surface area (Å²) in [5.74, 6) is 0. The molecule has 8 heteroatoms. The van der Waals surface area contributed by atoms with Gasteiger partial charge in [-0.15, -0.1) is 0 Å². The van der Waals surface area contributed by atoms with Gasteiger partial charge in [-0.3, -0.25) is 4.72 Å². The number of allylic oxidation sites excluding steroid dienone is 1. The van der Waals surface area contributed by atoms with Crippen molar-refractivity contribution in [3.05, 3.63) is 46.9 Å². The molecule has 1 aliphatic heterocycles. The fourth-order valence-electron chi connectivity index (χ4n) is 3.73. The van der Waals surface area contributed by atoms with Gasteiger partial charge >= 0.3 is 0 Å². The van der Waals surface area contributed by atoms with E-state index in [0.29, 0.717) is 11.3 Å². The van der Waals surface area contributed by atoms with Gasteiger partial charge in [-0.05, 0) is 71.8 Å². The van der Waals surface area contributed by atoms with Crippen molar-refractivity contribution in [1.29, 1.82) is 5.26 Å². The lowest BCUT2D eigenvalue weighted by molar-refractivity contribution is -0.168. The molecule has 2 aromatic rings. The van der Waals surface area contributed by atoms with E-state index < -0.39 is 18.4 Å². The molecule has 1 aliphatic rings. The van der Waals surface area contributed by atoms with Crippen molar-refractivity contribution in [1.82, 2.24) is 4.72 Å². The quantitative estimate of drug-likeness (QED) is 0.323. The Morgan fingerprint density at radius 1 is 1.15 bits per heavy atom. The second-order valence-electron chi connectivity index (χ2n) is 7.84. The number of fused-ring (bicyclic) bond motifs is 1. The van der Waals surface area contributed by atoms with Gasteiger partial charge in [0.15, 0.2) is 6.29 Å². The van der Waals surface area contributed by atoms with Crippen molar-refractivity contribution in [3.8, 4) is 6.07 Å². The highest BCUT2D eigenvalue weighted by Gasteiger charge is 2.29. The van der Waals surface area contributed by atoms with Crippen molar-refractivity contribution in [2.45, 2.75) is 51.5 Å². The first kappa shape index (κ1) is 27.1. The zero-order valence-electron chi connectivity index (χ0n) is 19.6. The number of rotatable bonds is 9. The predicted octanol–water partition coefficient (Wildman–Crippen LogP) is 3.65. The second-order valence-corrected chi connectivity index (χ2v) is 8.72. The average molecular weight is 474 g/mol. The molecule has 1 fully saturated rings. The Morgan fingerprint density at radius 3 is 2.48 bits per heavy atom. The van der Waals surface area contributed by atoms with Crippen LogP contribution in [0.3, 0.4) is 0 Å². The standard InChI is InChI=1S/C24H31N3O3S.CH4O/c1-3-9-27(10-4-2)20-8-7-18-11-17(5-6-19(18)13-20)12-22(15-25)31-26-23-14-21(28)16-30-24(23)29;1-2/h5-8,11-13,21,23-24,26,28-29H,3-4,9-10,14,16H2,1-2H3;2H,1H3/b22-12+;. The third-order valence-corrected chi connectivity index (χ3v) is 6.11. The molecule has 0 aliphatic carbocycles. The molecule has 0 aromatic heterocycles. The van der Waals surface area contributed by atoms with Gasteiger partial charge in [0, 0.05) is 25.9 Å². The number of hydrogen-bond donors (Lipinski definition) is 4. The van der Waals surface area contributed by atoms with Crippen LogP contribution in [0.25, 0.3) is 16.8 Å². The SMILES string of the molecule is CCCN(CCC)c1ccc2cc(/C=C(\C#N)SNC3CC(O)COC3O)ccc2c1.CO. The maximum atomic E-state index is 9.89. The minimum Gasteiger partial charge on any atom is -0.400 e. The Kier molecular flexibility index (Phi) is 11.7. The number of nitrogens with zero attached hydrogens (tertiary/aromatic N) is 2. The summed E-state index contributed by atoms with van der Waals surface area (Å²) in [5.41, 5.74) is 2.18. The molecule has 7 nitrogen and oxygen atoms in total. The van der Waals surface area contributed by atoms with Crippen LogP contribution in [0.2, 0.25) is 0 Å². The van der Waals surface area contributed by atoms with E-state index in [2.05, 4.69) is 59.9 Å². The number of hydrogen-bond acceptors (Lipinski definition) is 8. The first-order chi connectivity index (χ1) is 16.0. The van der Waals surface area contributed by atoms with Crippen LogP contribution in [0.1, 0.15) is 38.7 Å². The molecule has 0 amide bonds. The highest BCUT2D eigenvalue weighted by Crippen LogP contribution is 2.26. The molecule has 1 saturated heterocycles. The second kappa shape index (κ2) is 14.2. The van der Waals surface area contributed by atoms with E-state index in [1.807, 2.05) is 12.1 Å². The summed E-state index contributed by atoms with van der Waals surface area (Å²) in [5, 5.41) is 38.4. The Balaban J connectivity index is 0.00000187. The normalized spacial score (nSPS) is 20.6. The highest BCUT2D eigenvalue weighted by atomic mass is 32.2. The lowest BCUT2D eigenvalue weighted by Gasteiger charge is -2.30. The van der Waals surface area contributed by atoms with Crippen LogP contribution in [-0.2, 0) is 4.74 Å². The van der Waals surface area contributed by atoms with E-state index in [4.69, 9.17) is 9.84 Å². The average Bonchev–Trinajstić information content (AvgIpc) is 2.84. The molecular weight excluding hydrogens is 438 g/mol. The van der Waals surface area contributed by atoms with Crippen LogP contribution in [0.15, 0.2) is 41.3 Å². The van der Waals surface area contributed by atoms with Crippen LogP contribution in [-0.4, -0.2) is 60.6 Å². The molecule has 0 bridgehead atoms. The molecule has 3 unspecified atom stereocenters. The van der Waals surface area contributed by atoms with Gasteiger partial charge in [-0.2, -0.15) is 5.26 Å². The molecule has 3 rings (SSSR count). The predicted molar refractivity (Wildman–Crippen MR) is 136 cm³/mol.